The molecule has 0 aliphatic carbocycles. The summed E-state index contributed by atoms with van der Waals surface area (Å²) in [5.74, 6) is -0.102. The number of anilines is 1. The molecule has 1 aromatic carbocycles. The first kappa shape index (κ1) is 22.9. The van der Waals surface area contributed by atoms with Gasteiger partial charge in [-0.25, -0.2) is 12.7 Å². The highest BCUT2D eigenvalue weighted by atomic mass is 35.5. The molecular formula is C16H28ClN3O3S. The van der Waals surface area contributed by atoms with Gasteiger partial charge in [0.2, 0.25) is 15.9 Å². The maximum atomic E-state index is 12.3. The monoisotopic (exact) mass is 377 g/mol. The topological polar surface area (TPSA) is 92.5 Å². The second-order valence-corrected chi connectivity index (χ2v) is 7.89. The molecule has 0 spiro atoms. The SMILES string of the molecule is Cc1ccc(NC(=O)CCCCCCN)cc1S(=O)(=O)N(C)C.Cl. The van der Waals surface area contributed by atoms with Crippen LogP contribution in [0.15, 0.2) is 23.1 Å². The summed E-state index contributed by atoms with van der Waals surface area (Å²) >= 11 is 0. The number of nitrogens with two attached hydrogens (primary N) is 1. The summed E-state index contributed by atoms with van der Waals surface area (Å²) in [5, 5.41) is 2.76. The Morgan fingerprint density at radius 2 is 1.79 bits per heavy atom. The predicted octanol–water partition coefficient (Wildman–Crippen LogP) is 2.51. The normalized spacial score (nSPS) is 11.2. The van der Waals surface area contributed by atoms with Gasteiger partial charge in [0.05, 0.1) is 4.90 Å². The summed E-state index contributed by atoms with van der Waals surface area (Å²) in [5.41, 5.74) is 6.58. The lowest BCUT2D eigenvalue weighted by Crippen LogP contribution is -2.23. The molecule has 0 unspecified atom stereocenters. The van der Waals surface area contributed by atoms with E-state index in [1.807, 2.05) is 0 Å². The Kier molecular flexibility index (Phi) is 10.1. The number of unbranched alkanes of at least 4 members (excludes halogenated alkanes) is 3. The van der Waals surface area contributed by atoms with Crippen LogP contribution in [-0.4, -0.2) is 39.3 Å². The number of benzene rings is 1. The number of aryl methyl sites for hydroxylation is 1. The maximum Gasteiger partial charge on any atom is 0.242 e. The van der Waals surface area contributed by atoms with Gasteiger partial charge in [0, 0.05) is 26.2 Å². The zero-order valence-electron chi connectivity index (χ0n) is 14.5. The summed E-state index contributed by atoms with van der Waals surface area (Å²) in [6.07, 6.45) is 4.21. The molecule has 3 N–H and O–H groups in total. The molecule has 1 amide bonds. The molecule has 138 valence electrons. The highest BCUT2D eigenvalue weighted by Crippen LogP contribution is 2.22. The minimum Gasteiger partial charge on any atom is -0.330 e. The first-order valence-electron chi connectivity index (χ1n) is 7.82. The van der Waals surface area contributed by atoms with E-state index in [0.29, 0.717) is 24.2 Å². The Hall–Kier alpha value is -1.15. The van der Waals surface area contributed by atoms with Crippen molar-refractivity contribution in [3.05, 3.63) is 23.8 Å². The number of sulfonamides is 1. The van der Waals surface area contributed by atoms with E-state index in [0.717, 1.165) is 25.7 Å². The molecule has 0 aliphatic rings. The van der Waals surface area contributed by atoms with E-state index in [-0.39, 0.29) is 23.2 Å². The van der Waals surface area contributed by atoms with Crippen LogP contribution in [0.4, 0.5) is 5.69 Å². The fourth-order valence-electron chi connectivity index (χ4n) is 2.16. The summed E-state index contributed by atoms with van der Waals surface area (Å²) < 4.78 is 25.7. The third kappa shape index (κ3) is 6.76. The zero-order valence-corrected chi connectivity index (χ0v) is 16.2. The molecule has 0 bridgehead atoms. The lowest BCUT2D eigenvalue weighted by Gasteiger charge is -2.15. The van der Waals surface area contributed by atoms with Crippen molar-refractivity contribution in [2.75, 3.05) is 26.0 Å². The van der Waals surface area contributed by atoms with E-state index < -0.39 is 10.0 Å². The van der Waals surface area contributed by atoms with Crippen molar-refractivity contribution >= 4 is 34.0 Å². The smallest absolute Gasteiger partial charge is 0.242 e. The summed E-state index contributed by atoms with van der Waals surface area (Å²) in [6.45, 7) is 2.41. The molecular weight excluding hydrogens is 350 g/mol. The van der Waals surface area contributed by atoms with Crippen molar-refractivity contribution in [1.82, 2.24) is 4.31 Å². The Morgan fingerprint density at radius 1 is 1.17 bits per heavy atom. The van der Waals surface area contributed by atoms with E-state index in [1.54, 1.807) is 19.1 Å². The number of amides is 1. The number of nitrogens with zero attached hydrogens (tertiary/aromatic N) is 1. The van der Waals surface area contributed by atoms with Crippen molar-refractivity contribution in [1.29, 1.82) is 0 Å². The Balaban J connectivity index is 0.00000529. The van der Waals surface area contributed by atoms with Gasteiger partial charge in [0.15, 0.2) is 0 Å². The van der Waals surface area contributed by atoms with Crippen molar-refractivity contribution in [2.45, 2.75) is 43.9 Å². The van der Waals surface area contributed by atoms with E-state index in [2.05, 4.69) is 5.32 Å². The largest absolute Gasteiger partial charge is 0.330 e. The number of nitrogens with one attached hydrogen (secondary N) is 1. The average Bonchev–Trinajstić information content (AvgIpc) is 2.48. The quantitative estimate of drug-likeness (QED) is 0.646. The van der Waals surface area contributed by atoms with E-state index in [4.69, 9.17) is 5.73 Å². The van der Waals surface area contributed by atoms with Gasteiger partial charge in [-0.15, -0.1) is 12.4 Å². The number of carbonyl (C=O) groups is 1. The van der Waals surface area contributed by atoms with Crippen LogP contribution in [0.3, 0.4) is 0 Å². The number of carbonyl (C=O) groups excluding carboxylic acids is 1. The van der Waals surface area contributed by atoms with Crippen LogP contribution in [0.1, 0.15) is 37.7 Å². The van der Waals surface area contributed by atoms with Crippen molar-refractivity contribution in [3.8, 4) is 0 Å². The van der Waals surface area contributed by atoms with Gasteiger partial charge < -0.3 is 11.1 Å². The van der Waals surface area contributed by atoms with Gasteiger partial charge >= 0.3 is 0 Å². The van der Waals surface area contributed by atoms with E-state index in [9.17, 15) is 13.2 Å². The van der Waals surface area contributed by atoms with Crippen LogP contribution >= 0.6 is 12.4 Å². The first-order valence-corrected chi connectivity index (χ1v) is 9.26. The molecule has 0 radical (unpaired) electrons. The zero-order chi connectivity index (χ0) is 17.5. The fourth-order valence-corrected chi connectivity index (χ4v) is 3.30. The van der Waals surface area contributed by atoms with Gasteiger partial charge in [-0.2, -0.15) is 0 Å². The highest BCUT2D eigenvalue weighted by molar-refractivity contribution is 7.89. The van der Waals surface area contributed by atoms with Gasteiger partial charge in [0.1, 0.15) is 0 Å². The molecule has 0 aromatic heterocycles. The average molecular weight is 378 g/mol. The molecule has 1 aromatic rings. The predicted molar refractivity (Wildman–Crippen MR) is 100 cm³/mol. The number of rotatable bonds is 9. The third-order valence-corrected chi connectivity index (χ3v) is 5.55. The van der Waals surface area contributed by atoms with Gasteiger partial charge in [-0.1, -0.05) is 18.9 Å². The fraction of sp³-hybridized carbons (Fsp3) is 0.562. The van der Waals surface area contributed by atoms with Crippen LogP contribution in [0, 0.1) is 6.92 Å². The number of hydrogen-bond donors (Lipinski definition) is 2. The number of halogens is 1. The van der Waals surface area contributed by atoms with Gasteiger partial charge in [-0.3, -0.25) is 4.79 Å². The Morgan fingerprint density at radius 3 is 2.38 bits per heavy atom. The summed E-state index contributed by atoms with van der Waals surface area (Å²) in [4.78, 5) is 12.1. The number of hydrogen-bond acceptors (Lipinski definition) is 4. The van der Waals surface area contributed by atoms with Crippen LogP contribution in [-0.2, 0) is 14.8 Å². The summed E-state index contributed by atoms with van der Waals surface area (Å²) in [6, 6.07) is 4.93. The molecule has 0 aliphatic heterocycles. The second kappa shape index (κ2) is 10.7. The molecule has 8 heteroatoms. The minimum atomic E-state index is -3.52. The van der Waals surface area contributed by atoms with Crippen molar-refractivity contribution in [2.24, 2.45) is 5.73 Å². The van der Waals surface area contributed by atoms with Crippen LogP contribution < -0.4 is 11.1 Å². The Labute approximate surface area is 151 Å². The lowest BCUT2D eigenvalue weighted by atomic mass is 10.1. The summed E-state index contributed by atoms with van der Waals surface area (Å²) in [7, 11) is -0.548. The molecule has 0 saturated carbocycles. The third-order valence-electron chi connectivity index (χ3n) is 3.59. The molecule has 1 rings (SSSR count). The molecule has 0 heterocycles. The minimum absolute atomic E-state index is 0. The molecule has 0 fully saturated rings. The maximum absolute atomic E-state index is 12.3. The van der Waals surface area contributed by atoms with Gasteiger partial charge in [-0.05, 0) is 44.0 Å². The van der Waals surface area contributed by atoms with E-state index in [1.165, 1.54) is 24.5 Å². The van der Waals surface area contributed by atoms with Crippen LogP contribution in [0.2, 0.25) is 0 Å². The highest BCUT2D eigenvalue weighted by Gasteiger charge is 2.20. The molecule has 0 atom stereocenters. The van der Waals surface area contributed by atoms with Crippen molar-refractivity contribution in [3.63, 3.8) is 0 Å². The first-order chi connectivity index (χ1) is 10.8. The van der Waals surface area contributed by atoms with Crippen LogP contribution in [0.25, 0.3) is 0 Å². The Bertz CT molecular complexity index is 633. The van der Waals surface area contributed by atoms with Crippen LogP contribution in [0.5, 0.6) is 0 Å². The van der Waals surface area contributed by atoms with Crippen molar-refractivity contribution < 1.29 is 13.2 Å². The van der Waals surface area contributed by atoms with E-state index >= 15 is 0 Å². The lowest BCUT2D eigenvalue weighted by molar-refractivity contribution is -0.116. The van der Waals surface area contributed by atoms with Gasteiger partial charge in [0.25, 0.3) is 0 Å². The standard InChI is InChI=1S/C16H27N3O3S.ClH/c1-13-9-10-14(12-15(13)23(21,22)19(2)3)18-16(20)8-6-4-5-7-11-17;/h9-10,12H,4-8,11,17H2,1-3H3,(H,18,20);1H. The molecule has 24 heavy (non-hydrogen) atoms. The molecule has 0 saturated heterocycles. The second-order valence-electron chi connectivity index (χ2n) is 5.77. The molecule has 6 nitrogen and oxygen atoms in total.